The Kier molecular flexibility index (Phi) is 9.03. The van der Waals surface area contributed by atoms with Crippen LogP contribution in [0.5, 0.6) is 11.5 Å². The maximum atomic E-state index is 6.67. The standard InChI is InChI=1S/C61H43N3O/c1-60(2)49-29-11-12-30-50(49)61(52-31-13-15-33-55(52)65-56-34-16-14-32-53(56)61)51-36-35-44(39-54(51)60)47-27-9-10-28-48(47)59-63-57(45-25-17-23-42(37-45)40-19-5-3-6-20-40)62-58(64-59)46-26-18-24-43(38-46)41-21-7-4-8-22-41/h3-39H,1-2H3. The molecule has 4 nitrogen and oxygen atoms in total. The van der Waals surface area contributed by atoms with E-state index in [1.165, 1.54) is 22.3 Å². The average molecular weight is 834 g/mol. The van der Waals surface area contributed by atoms with Gasteiger partial charge in [0, 0.05) is 33.2 Å². The Morgan fingerprint density at radius 2 is 0.723 bits per heavy atom. The molecule has 0 amide bonds. The summed E-state index contributed by atoms with van der Waals surface area (Å²) in [6.07, 6.45) is 0. The Bertz CT molecular complexity index is 3300. The van der Waals surface area contributed by atoms with Crippen molar-refractivity contribution >= 4 is 0 Å². The average Bonchev–Trinajstić information content (AvgIpc) is 3.38. The molecule has 0 N–H and O–H groups in total. The Balaban J connectivity index is 1.06. The monoisotopic (exact) mass is 833 g/mol. The predicted octanol–water partition coefficient (Wildman–Crippen LogP) is 15.0. The number of aromatic nitrogens is 3. The van der Waals surface area contributed by atoms with Crippen molar-refractivity contribution in [1.82, 2.24) is 15.0 Å². The van der Waals surface area contributed by atoms with Crippen molar-refractivity contribution in [3.05, 3.63) is 258 Å². The zero-order chi connectivity index (χ0) is 43.5. The number of ether oxygens (including phenoxy) is 1. The van der Waals surface area contributed by atoms with Crippen LogP contribution in [-0.2, 0) is 10.8 Å². The molecule has 4 heteroatoms. The summed E-state index contributed by atoms with van der Waals surface area (Å²) in [5.41, 5.74) is 15.9. The van der Waals surface area contributed by atoms with Gasteiger partial charge < -0.3 is 4.74 Å². The minimum absolute atomic E-state index is 0.328. The highest BCUT2D eigenvalue weighted by atomic mass is 16.5. The van der Waals surface area contributed by atoms with Crippen molar-refractivity contribution in [3.8, 4) is 79.0 Å². The van der Waals surface area contributed by atoms with Crippen LogP contribution in [0.15, 0.2) is 224 Å². The summed E-state index contributed by atoms with van der Waals surface area (Å²) in [6, 6.07) is 79.6. The van der Waals surface area contributed by atoms with E-state index in [4.69, 9.17) is 19.7 Å². The molecule has 2 aliphatic rings. The highest BCUT2D eigenvalue weighted by Crippen LogP contribution is 2.61. The first-order valence-corrected chi connectivity index (χ1v) is 22.3. The van der Waals surface area contributed by atoms with Crippen molar-refractivity contribution < 1.29 is 4.74 Å². The predicted molar refractivity (Wildman–Crippen MR) is 263 cm³/mol. The van der Waals surface area contributed by atoms with E-state index in [9.17, 15) is 0 Å². The summed E-state index contributed by atoms with van der Waals surface area (Å²) in [6.45, 7) is 4.73. The van der Waals surface area contributed by atoms with Crippen LogP contribution in [0, 0.1) is 0 Å². The lowest BCUT2D eigenvalue weighted by Crippen LogP contribution is -2.43. The summed E-state index contributed by atoms with van der Waals surface area (Å²) >= 11 is 0. The molecule has 65 heavy (non-hydrogen) atoms. The topological polar surface area (TPSA) is 47.9 Å². The van der Waals surface area contributed by atoms with Gasteiger partial charge in [0.05, 0.1) is 5.41 Å². The van der Waals surface area contributed by atoms with Crippen LogP contribution in [-0.4, -0.2) is 15.0 Å². The lowest BCUT2D eigenvalue weighted by atomic mass is 9.53. The molecule has 9 aromatic carbocycles. The molecule has 0 fully saturated rings. The molecule has 1 aliphatic heterocycles. The van der Waals surface area contributed by atoms with E-state index in [1.54, 1.807) is 0 Å². The second kappa shape index (κ2) is 15.3. The van der Waals surface area contributed by atoms with E-state index in [0.29, 0.717) is 17.5 Å². The molecule has 10 aromatic rings. The Labute approximate surface area is 379 Å². The van der Waals surface area contributed by atoms with Crippen molar-refractivity contribution in [1.29, 1.82) is 0 Å². The summed E-state index contributed by atoms with van der Waals surface area (Å²) in [7, 11) is 0. The van der Waals surface area contributed by atoms with Crippen molar-refractivity contribution in [3.63, 3.8) is 0 Å². The SMILES string of the molecule is CC1(C)c2ccccc2C2(c3ccccc3Oc3ccccc32)c2ccc(-c3ccccc3-c3nc(-c4cccc(-c5ccccc5)c4)nc(-c4cccc(-c5ccccc5)c4)n3)cc21. The Morgan fingerprint density at radius 1 is 0.292 bits per heavy atom. The number of fused-ring (bicyclic) bond motifs is 8. The fourth-order valence-electron chi connectivity index (χ4n) is 10.4. The largest absolute Gasteiger partial charge is 0.457 e. The highest BCUT2D eigenvalue weighted by Gasteiger charge is 2.52. The number of rotatable bonds is 6. The van der Waals surface area contributed by atoms with Crippen molar-refractivity contribution in [2.75, 3.05) is 0 Å². The first-order valence-electron chi connectivity index (χ1n) is 22.3. The Hall–Kier alpha value is -8.21. The van der Waals surface area contributed by atoms with Crippen LogP contribution in [0.2, 0.25) is 0 Å². The van der Waals surface area contributed by atoms with Gasteiger partial charge in [0.1, 0.15) is 11.5 Å². The molecule has 0 radical (unpaired) electrons. The van der Waals surface area contributed by atoms with Gasteiger partial charge in [0.25, 0.3) is 0 Å². The number of hydrogen-bond donors (Lipinski definition) is 0. The first-order chi connectivity index (χ1) is 32.0. The van der Waals surface area contributed by atoms with Crippen LogP contribution in [0.3, 0.4) is 0 Å². The van der Waals surface area contributed by atoms with Crippen molar-refractivity contribution in [2.24, 2.45) is 0 Å². The third-order valence-electron chi connectivity index (χ3n) is 13.5. The maximum Gasteiger partial charge on any atom is 0.164 e. The second-order valence-corrected chi connectivity index (χ2v) is 17.5. The van der Waals surface area contributed by atoms with Crippen LogP contribution in [0.25, 0.3) is 67.5 Å². The molecule has 1 spiro atoms. The molecule has 1 aromatic heterocycles. The zero-order valence-corrected chi connectivity index (χ0v) is 36.1. The molecule has 0 bridgehead atoms. The van der Waals surface area contributed by atoms with E-state index < -0.39 is 5.41 Å². The maximum absolute atomic E-state index is 6.67. The molecular weight excluding hydrogens is 791 g/mol. The normalized spacial score (nSPS) is 13.8. The first kappa shape index (κ1) is 38.5. The third-order valence-corrected chi connectivity index (χ3v) is 13.5. The van der Waals surface area contributed by atoms with Gasteiger partial charge >= 0.3 is 0 Å². The quantitative estimate of drug-likeness (QED) is 0.167. The van der Waals surface area contributed by atoms with Crippen LogP contribution in [0.1, 0.15) is 47.2 Å². The summed E-state index contributed by atoms with van der Waals surface area (Å²) < 4.78 is 6.67. The molecule has 1 aliphatic carbocycles. The summed E-state index contributed by atoms with van der Waals surface area (Å²) in [5.74, 6) is 3.61. The van der Waals surface area contributed by atoms with Gasteiger partial charge in [-0.25, -0.2) is 15.0 Å². The Morgan fingerprint density at radius 3 is 1.31 bits per heavy atom. The van der Waals surface area contributed by atoms with E-state index >= 15 is 0 Å². The van der Waals surface area contributed by atoms with Crippen molar-refractivity contribution in [2.45, 2.75) is 24.7 Å². The number of para-hydroxylation sites is 2. The molecule has 0 saturated carbocycles. The summed E-state index contributed by atoms with van der Waals surface area (Å²) in [5, 5.41) is 0. The fourth-order valence-corrected chi connectivity index (χ4v) is 10.4. The molecule has 12 rings (SSSR count). The summed E-state index contributed by atoms with van der Waals surface area (Å²) in [4.78, 5) is 15.9. The fraction of sp³-hybridized carbons (Fsp3) is 0.0656. The van der Waals surface area contributed by atoms with E-state index in [1.807, 2.05) is 12.1 Å². The van der Waals surface area contributed by atoms with Gasteiger partial charge in [-0.2, -0.15) is 0 Å². The van der Waals surface area contributed by atoms with E-state index in [-0.39, 0.29) is 5.41 Å². The van der Waals surface area contributed by atoms with E-state index in [2.05, 4.69) is 226 Å². The lowest BCUT2D eigenvalue weighted by molar-refractivity contribution is 0.425. The molecule has 2 heterocycles. The minimum Gasteiger partial charge on any atom is -0.457 e. The van der Waals surface area contributed by atoms with Crippen LogP contribution in [0.4, 0.5) is 0 Å². The number of benzene rings is 9. The zero-order valence-electron chi connectivity index (χ0n) is 36.1. The van der Waals surface area contributed by atoms with Gasteiger partial charge in [-0.05, 0) is 86.0 Å². The van der Waals surface area contributed by atoms with E-state index in [0.717, 1.165) is 72.7 Å². The highest BCUT2D eigenvalue weighted by molar-refractivity contribution is 5.85. The minimum atomic E-state index is -0.592. The number of hydrogen-bond acceptors (Lipinski definition) is 4. The van der Waals surface area contributed by atoms with Gasteiger partial charge in [-0.1, -0.05) is 208 Å². The van der Waals surface area contributed by atoms with Crippen LogP contribution < -0.4 is 4.74 Å². The van der Waals surface area contributed by atoms with Gasteiger partial charge in [0.2, 0.25) is 0 Å². The van der Waals surface area contributed by atoms with Gasteiger partial charge in [0.15, 0.2) is 17.5 Å². The second-order valence-electron chi connectivity index (χ2n) is 17.5. The smallest absolute Gasteiger partial charge is 0.164 e. The lowest BCUT2D eigenvalue weighted by Gasteiger charge is -2.50. The third kappa shape index (κ3) is 6.24. The molecular formula is C61H43N3O. The molecule has 308 valence electrons. The molecule has 0 unspecified atom stereocenters. The van der Waals surface area contributed by atoms with Crippen LogP contribution >= 0.6 is 0 Å². The van der Waals surface area contributed by atoms with Gasteiger partial charge in [-0.15, -0.1) is 0 Å². The number of nitrogens with zero attached hydrogens (tertiary/aromatic N) is 3. The molecule has 0 saturated heterocycles. The van der Waals surface area contributed by atoms with Gasteiger partial charge in [-0.3, -0.25) is 0 Å². The molecule has 0 atom stereocenters.